The number of alkyl halides is 1. The van der Waals surface area contributed by atoms with Gasteiger partial charge >= 0.3 is 0 Å². The minimum atomic E-state index is -1.02. The molecule has 3 aromatic heterocycles. The van der Waals surface area contributed by atoms with Crippen LogP contribution >= 0.6 is 0 Å². The number of nitrogens with one attached hydrogen (secondary N) is 3. The summed E-state index contributed by atoms with van der Waals surface area (Å²) in [5.41, 5.74) is 0.810. The van der Waals surface area contributed by atoms with E-state index >= 15 is 0 Å². The van der Waals surface area contributed by atoms with Gasteiger partial charge in [0, 0.05) is 37.2 Å². The Hall–Kier alpha value is -3.47. The van der Waals surface area contributed by atoms with Crippen LogP contribution in [0.4, 0.5) is 21.7 Å². The van der Waals surface area contributed by atoms with E-state index < -0.39 is 18.1 Å². The van der Waals surface area contributed by atoms with Crippen molar-refractivity contribution in [1.29, 1.82) is 0 Å². The second kappa shape index (κ2) is 7.55. The lowest BCUT2D eigenvalue weighted by molar-refractivity contribution is 0.0826. The summed E-state index contributed by atoms with van der Waals surface area (Å²) < 4.78 is 22.3. The number of amides is 1. The monoisotopic (exact) mass is 453 g/mol. The molecule has 2 aliphatic carbocycles. The number of carbonyl (C=O) groups is 1. The maximum Gasteiger partial charge on any atom is 0.274 e. The van der Waals surface area contributed by atoms with Gasteiger partial charge in [0.25, 0.3) is 11.5 Å². The first-order valence-electron chi connectivity index (χ1n) is 11.1. The number of hydrogen-bond acceptors (Lipinski definition) is 7. The smallest absolute Gasteiger partial charge is 0.274 e. The molecule has 3 aromatic rings. The van der Waals surface area contributed by atoms with Gasteiger partial charge in [0.1, 0.15) is 29.1 Å². The lowest BCUT2D eigenvalue weighted by Gasteiger charge is -2.30. The molecule has 0 spiro atoms. The third-order valence-electron chi connectivity index (χ3n) is 6.94. The highest BCUT2D eigenvalue weighted by Crippen LogP contribution is 2.53. The molecule has 1 aliphatic heterocycles. The number of nitrogens with zero attached hydrogens (tertiary/aromatic N) is 4. The average Bonchev–Trinajstić information content (AvgIpc) is 3.15. The predicted octanol–water partition coefficient (Wildman–Crippen LogP) is 1.72. The molecule has 5 atom stereocenters. The molecule has 11 heteroatoms. The van der Waals surface area contributed by atoms with Crippen LogP contribution in [0, 0.1) is 11.8 Å². The Morgan fingerprint density at radius 2 is 2.09 bits per heavy atom. The van der Waals surface area contributed by atoms with E-state index in [2.05, 4.69) is 26.0 Å². The van der Waals surface area contributed by atoms with Crippen molar-refractivity contribution in [2.24, 2.45) is 11.8 Å². The minimum absolute atomic E-state index is 0.130. The lowest BCUT2D eigenvalue weighted by Crippen LogP contribution is -2.48. The average molecular weight is 453 g/mol. The molecule has 6 rings (SSSR count). The summed E-state index contributed by atoms with van der Waals surface area (Å²) in [7, 11) is 1.73. The number of fused-ring (bicyclic) bond motifs is 2. The number of rotatable bonds is 6. The van der Waals surface area contributed by atoms with E-state index in [9.17, 15) is 14.0 Å². The maximum atomic E-state index is 13.6. The Morgan fingerprint density at radius 3 is 2.79 bits per heavy atom. The van der Waals surface area contributed by atoms with Gasteiger partial charge in [-0.05, 0) is 25.0 Å². The van der Waals surface area contributed by atoms with Gasteiger partial charge in [-0.3, -0.25) is 9.59 Å². The zero-order chi connectivity index (χ0) is 22.7. The molecule has 1 saturated heterocycles. The van der Waals surface area contributed by atoms with Crippen LogP contribution < -0.4 is 21.5 Å². The van der Waals surface area contributed by atoms with E-state index in [1.165, 1.54) is 10.7 Å². The van der Waals surface area contributed by atoms with Gasteiger partial charge in [-0.2, -0.15) is 9.61 Å². The van der Waals surface area contributed by atoms with E-state index in [1.54, 1.807) is 23.7 Å². The number of ether oxygens (including phenoxy) is 1. The number of aromatic nitrogens is 4. The standard InChI is InChI=1S/C22H24FN7O3/c1-24-18-7-17(26-16-3-2-6-29(22(16)32)19-12-9-33-10-13(12)19)28-20-11(8-25-30(18)20)21(31)27-15-5-4-14(15)23/h2-3,6-8,12-15,19,24H,4-5,9-10H2,1H3,(H,26,28)(H,27,31)/t12-,13+,14?,15?,19+. The van der Waals surface area contributed by atoms with Crippen molar-refractivity contribution in [3.05, 3.63) is 46.5 Å². The molecular formula is C22H24FN7O3. The second-order valence-corrected chi connectivity index (χ2v) is 8.86. The molecule has 3 N–H and O–H groups in total. The Balaban J connectivity index is 1.31. The van der Waals surface area contributed by atoms with Gasteiger partial charge in [-0.1, -0.05) is 0 Å². The molecule has 172 valence electrons. The molecule has 2 unspecified atom stereocenters. The topological polar surface area (TPSA) is 115 Å². The third-order valence-corrected chi connectivity index (χ3v) is 6.94. The first-order chi connectivity index (χ1) is 16.0. The van der Waals surface area contributed by atoms with Crippen molar-refractivity contribution >= 4 is 28.9 Å². The lowest BCUT2D eigenvalue weighted by atomic mass is 9.90. The van der Waals surface area contributed by atoms with Crippen molar-refractivity contribution in [2.75, 3.05) is 30.9 Å². The van der Waals surface area contributed by atoms with Crippen LogP contribution in [0.15, 0.2) is 35.4 Å². The van der Waals surface area contributed by atoms with E-state index in [-0.39, 0.29) is 17.2 Å². The van der Waals surface area contributed by atoms with Crippen LogP contribution in [0.25, 0.3) is 5.65 Å². The Kier molecular flexibility index (Phi) is 4.61. The highest BCUT2D eigenvalue weighted by atomic mass is 19.1. The van der Waals surface area contributed by atoms with Gasteiger partial charge in [0.15, 0.2) is 5.65 Å². The summed E-state index contributed by atoms with van der Waals surface area (Å²) >= 11 is 0. The van der Waals surface area contributed by atoms with Crippen LogP contribution in [-0.2, 0) is 4.74 Å². The Bertz CT molecular complexity index is 1290. The molecule has 1 amide bonds. The van der Waals surface area contributed by atoms with Gasteiger partial charge in [-0.25, -0.2) is 9.37 Å². The van der Waals surface area contributed by atoms with E-state index in [0.29, 0.717) is 60.9 Å². The van der Waals surface area contributed by atoms with Crippen molar-refractivity contribution in [2.45, 2.75) is 31.1 Å². The van der Waals surface area contributed by atoms with E-state index in [1.807, 2.05) is 12.3 Å². The largest absolute Gasteiger partial charge is 0.381 e. The molecule has 10 nitrogen and oxygen atoms in total. The molecule has 0 bridgehead atoms. The summed E-state index contributed by atoms with van der Waals surface area (Å²) in [4.78, 5) is 30.4. The summed E-state index contributed by atoms with van der Waals surface area (Å²) in [5, 5.41) is 13.1. The first kappa shape index (κ1) is 20.2. The van der Waals surface area contributed by atoms with Gasteiger partial charge < -0.3 is 25.3 Å². The number of hydrogen-bond donors (Lipinski definition) is 3. The Morgan fingerprint density at radius 1 is 1.27 bits per heavy atom. The van der Waals surface area contributed by atoms with Gasteiger partial charge in [0.05, 0.1) is 25.5 Å². The van der Waals surface area contributed by atoms with Crippen molar-refractivity contribution in [3.63, 3.8) is 0 Å². The SMILES string of the molecule is CNc1cc(Nc2cccn([C@H]3[C@@H]4COC[C@@H]43)c2=O)nc2c(C(=O)NC3CCC3F)cnn12. The van der Waals surface area contributed by atoms with E-state index in [4.69, 9.17) is 4.74 Å². The fourth-order valence-corrected chi connectivity index (χ4v) is 4.83. The van der Waals surface area contributed by atoms with Crippen LogP contribution in [0.1, 0.15) is 29.2 Å². The normalized spacial score (nSPS) is 27.6. The molecule has 3 aliphatic rings. The van der Waals surface area contributed by atoms with Gasteiger partial charge in [0.2, 0.25) is 0 Å². The third kappa shape index (κ3) is 3.26. The number of halogens is 1. The van der Waals surface area contributed by atoms with Crippen LogP contribution in [0.2, 0.25) is 0 Å². The van der Waals surface area contributed by atoms with E-state index in [0.717, 1.165) is 0 Å². The molecule has 0 radical (unpaired) electrons. The molecule has 0 aromatic carbocycles. The zero-order valence-corrected chi connectivity index (χ0v) is 18.0. The van der Waals surface area contributed by atoms with Crippen molar-refractivity contribution < 1.29 is 13.9 Å². The summed E-state index contributed by atoms with van der Waals surface area (Å²) in [6, 6.07) is 4.95. The first-order valence-corrected chi connectivity index (χ1v) is 11.1. The number of pyridine rings is 1. The summed E-state index contributed by atoms with van der Waals surface area (Å²) in [5.74, 6) is 1.35. The molecule has 3 fully saturated rings. The quantitative estimate of drug-likeness (QED) is 0.521. The molecule has 4 heterocycles. The second-order valence-electron chi connectivity index (χ2n) is 8.86. The fourth-order valence-electron chi connectivity index (χ4n) is 4.83. The summed E-state index contributed by atoms with van der Waals surface area (Å²) in [6.45, 7) is 1.39. The minimum Gasteiger partial charge on any atom is -0.381 e. The van der Waals surface area contributed by atoms with Crippen LogP contribution in [-0.4, -0.2) is 57.5 Å². The molecule has 2 saturated carbocycles. The van der Waals surface area contributed by atoms with Crippen LogP contribution in [0.5, 0.6) is 0 Å². The van der Waals surface area contributed by atoms with Crippen molar-refractivity contribution in [1.82, 2.24) is 24.5 Å². The molecule has 33 heavy (non-hydrogen) atoms. The number of carbonyl (C=O) groups excluding carboxylic acids is 1. The molecular weight excluding hydrogens is 429 g/mol. The maximum absolute atomic E-state index is 13.6. The highest BCUT2D eigenvalue weighted by Gasteiger charge is 2.55. The predicted molar refractivity (Wildman–Crippen MR) is 119 cm³/mol. The van der Waals surface area contributed by atoms with Crippen molar-refractivity contribution in [3.8, 4) is 0 Å². The highest BCUT2D eigenvalue weighted by molar-refractivity contribution is 6.00. The number of anilines is 3. The van der Waals surface area contributed by atoms with Crippen LogP contribution in [0.3, 0.4) is 0 Å². The summed E-state index contributed by atoms with van der Waals surface area (Å²) in [6.07, 6.45) is 3.27. The Labute approximate surface area is 188 Å². The fraction of sp³-hybridized carbons (Fsp3) is 0.455. The van der Waals surface area contributed by atoms with Gasteiger partial charge in [-0.15, -0.1) is 0 Å². The zero-order valence-electron chi connectivity index (χ0n) is 18.0.